The van der Waals surface area contributed by atoms with E-state index in [2.05, 4.69) is 42.1 Å². The molecule has 0 aliphatic rings. The van der Waals surface area contributed by atoms with E-state index in [-0.39, 0.29) is 5.41 Å². The molecule has 4 heteroatoms. The van der Waals surface area contributed by atoms with Gasteiger partial charge < -0.3 is 5.32 Å². The second-order valence-corrected chi connectivity index (χ2v) is 5.80. The molecule has 0 atom stereocenters. The molecule has 4 nitrogen and oxygen atoms in total. The van der Waals surface area contributed by atoms with Crippen LogP contribution >= 0.6 is 0 Å². The summed E-state index contributed by atoms with van der Waals surface area (Å²) in [5.41, 5.74) is 1.45. The molecule has 0 saturated carbocycles. The number of rotatable bonds is 7. The van der Waals surface area contributed by atoms with Crippen LogP contribution in [-0.2, 0) is 0 Å². The lowest BCUT2D eigenvalue weighted by Gasteiger charge is -2.25. The van der Waals surface area contributed by atoms with Crippen molar-refractivity contribution in [2.45, 2.75) is 53.4 Å². The number of nitrogens with zero attached hydrogens (tertiary/aromatic N) is 3. The summed E-state index contributed by atoms with van der Waals surface area (Å²) in [7, 11) is 0. The molecule has 0 bridgehead atoms. The van der Waals surface area contributed by atoms with E-state index in [1.54, 1.807) is 6.07 Å². The van der Waals surface area contributed by atoms with Crippen LogP contribution in [0.2, 0.25) is 0 Å². The van der Waals surface area contributed by atoms with E-state index in [0.29, 0.717) is 11.6 Å². The fourth-order valence-electron chi connectivity index (χ4n) is 1.97. The second-order valence-electron chi connectivity index (χ2n) is 5.80. The first-order valence-corrected chi connectivity index (χ1v) is 6.96. The minimum atomic E-state index is 0.217. The van der Waals surface area contributed by atoms with E-state index in [0.717, 1.165) is 12.2 Å². The molecule has 0 amide bonds. The Labute approximate surface area is 116 Å². The van der Waals surface area contributed by atoms with Gasteiger partial charge in [0, 0.05) is 12.2 Å². The van der Waals surface area contributed by atoms with Crippen molar-refractivity contribution in [3.63, 3.8) is 0 Å². The molecule has 1 heterocycles. The van der Waals surface area contributed by atoms with Crippen LogP contribution in [0, 0.1) is 23.7 Å². The normalized spacial score (nSPS) is 11.1. The van der Waals surface area contributed by atoms with Gasteiger partial charge in [0.05, 0.1) is 0 Å². The Hall–Kier alpha value is -1.63. The average molecular weight is 260 g/mol. The van der Waals surface area contributed by atoms with Crippen LogP contribution < -0.4 is 5.32 Å². The summed E-state index contributed by atoms with van der Waals surface area (Å²) in [6, 6.07) is 3.75. The second kappa shape index (κ2) is 7.08. The Kier molecular flexibility index (Phi) is 5.75. The number of nitriles is 1. The molecule has 0 aromatic carbocycles. The van der Waals surface area contributed by atoms with Gasteiger partial charge in [0.2, 0.25) is 5.95 Å². The molecule has 104 valence electrons. The van der Waals surface area contributed by atoms with Crippen molar-refractivity contribution in [3.05, 3.63) is 17.5 Å². The van der Waals surface area contributed by atoms with Crippen LogP contribution in [0.3, 0.4) is 0 Å². The maximum Gasteiger partial charge on any atom is 0.224 e. The van der Waals surface area contributed by atoms with Crippen molar-refractivity contribution < 1.29 is 0 Å². The van der Waals surface area contributed by atoms with E-state index < -0.39 is 0 Å². The third-order valence-electron chi connectivity index (χ3n) is 3.15. The van der Waals surface area contributed by atoms with Crippen molar-refractivity contribution >= 4 is 5.95 Å². The largest absolute Gasteiger partial charge is 0.354 e. The maximum atomic E-state index is 8.89. The van der Waals surface area contributed by atoms with Crippen LogP contribution in [0.1, 0.15) is 57.8 Å². The minimum Gasteiger partial charge on any atom is -0.354 e. The van der Waals surface area contributed by atoms with E-state index in [4.69, 9.17) is 5.26 Å². The van der Waals surface area contributed by atoms with Gasteiger partial charge in [0.1, 0.15) is 11.8 Å². The molecule has 1 rings (SSSR count). The first-order valence-electron chi connectivity index (χ1n) is 6.96. The monoisotopic (exact) mass is 260 g/mol. The molecule has 19 heavy (non-hydrogen) atoms. The lowest BCUT2D eigenvalue weighted by Crippen LogP contribution is -2.24. The molecule has 0 spiro atoms. The van der Waals surface area contributed by atoms with Crippen LogP contribution in [0.15, 0.2) is 6.07 Å². The Morgan fingerprint density at radius 1 is 1.32 bits per heavy atom. The predicted molar refractivity (Wildman–Crippen MR) is 77.9 cm³/mol. The molecule has 0 aliphatic carbocycles. The summed E-state index contributed by atoms with van der Waals surface area (Å²) < 4.78 is 0. The standard InChI is InChI=1S/C15H24N4/c1-5-6-7-8-15(3,4)11-17-14-18-12(2)9-13(10-16)19-14/h9H,5-8,11H2,1-4H3,(H,17,18,19). The third kappa shape index (κ3) is 5.69. The number of aryl methyl sites for hydroxylation is 1. The van der Waals surface area contributed by atoms with Crippen molar-refractivity contribution in [3.8, 4) is 6.07 Å². The van der Waals surface area contributed by atoms with Gasteiger partial charge in [-0.1, -0.05) is 40.0 Å². The lowest BCUT2D eigenvalue weighted by molar-refractivity contribution is 0.342. The van der Waals surface area contributed by atoms with Crippen molar-refractivity contribution in [2.75, 3.05) is 11.9 Å². The Morgan fingerprint density at radius 2 is 2.05 bits per heavy atom. The Balaban J connectivity index is 2.56. The number of anilines is 1. The van der Waals surface area contributed by atoms with Gasteiger partial charge in [-0.25, -0.2) is 9.97 Å². The van der Waals surface area contributed by atoms with Crippen molar-refractivity contribution in [2.24, 2.45) is 5.41 Å². The van der Waals surface area contributed by atoms with Gasteiger partial charge in [-0.15, -0.1) is 0 Å². The zero-order valence-corrected chi connectivity index (χ0v) is 12.5. The van der Waals surface area contributed by atoms with Crippen molar-refractivity contribution in [1.82, 2.24) is 9.97 Å². The molecule has 0 saturated heterocycles. The molecule has 0 unspecified atom stereocenters. The van der Waals surface area contributed by atoms with Gasteiger partial charge in [-0.3, -0.25) is 0 Å². The molecule has 0 fully saturated rings. The lowest BCUT2D eigenvalue weighted by atomic mass is 9.87. The zero-order chi connectivity index (χ0) is 14.3. The highest BCUT2D eigenvalue weighted by Crippen LogP contribution is 2.23. The number of unbranched alkanes of at least 4 members (excludes halogenated alkanes) is 2. The summed E-state index contributed by atoms with van der Waals surface area (Å²) in [6.07, 6.45) is 4.97. The number of hydrogen-bond donors (Lipinski definition) is 1. The fraction of sp³-hybridized carbons (Fsp3) is 0.667. The molecule has 1 aromatic rings. The number of nitrogens with one attached hydrogen (secondary N) is 1. The minimum absolute atomic E-state index is 0.217. The molecular formula is C15H24N4. The predicted octanol–water partition coefficient (Wildman–Crippen LogP) is 3.68. The Morgan fingerprint density at radius 3 is 2.68 bits per heavy atom. The first kappa shape index (κ1) is 15.4. The average Bonchev–Trinajstić information content (AvgIpc) is 2.36. The molecule has 1 aromatic heterocycles. The highest BCUT2D eigenvalue weighted by molar-refractivity contribution is 5.33. The summed E-state index contributed by atoms with van der Waals surface area (Å²) in [4.78, 5) is 8.48. The highest BCUT2D eigenvalue weighted by atomic mass is 15.1. The van der Waals surface area contributed by atoms with E-state index in [9.17, 15) is 0 Å². The van der Waals surface area contributed by atoms with Crippen LogP contribution in [-0.4, -0.2) is 16.5 Å². The molecular weight excluding hydrogens is 236 g/mol. The first-order chi connectivity index (χ1) is 8.96. The summed E-state index contributed by atoms with van der Waals surface area (Å²) in [5.74, 6) is 0.556. The zero-order valence-electron chi connectivity index (χ0n) is 12.5. The number of hydrogen-bond acceptors (Lipinski definition) is 4. The van der Waals surface area contributed by atoms with E-state index in [1.807, 2.05) is 6.92 Å². The third-order valence-corrected chi connectivity index (χ3v) is 3.15. The maximum absolute atomic E-state index is 8.89. The van der Waals surface area contributed by atoms with E-state index in [1.165, 1.54) is 25.7 Å². The van der Waals surface area contributed by atoms with Crippen molar-refractivity contribution in [1.29, 1.82) is 5.26 Å². The van der Waals surface area contributed by atoms with Gasteiger partial charge in [0.25, 0.3) is 0 Å². The van der Waals surface area contributed by atoms with Crippen LogP contribution in [0.4, 0.5) is 5.95 Å². The number of aromatic nitrogens is 2. The molecule has 1 N–H and O–H groups in total. The highest BCUT2D eigenvalue weighted by Gasteiger charge is 2.17. The SMILES string of the molecule is CCCCCC(C)(C)CNc1nc(C)cc(C#N)n1. The summed E-state index contributed by atoms with van der Waals surface area (Å²) in [5, 5.41) is 12.1. The van der Waals surface area contributed by atoms with Gasteiger partial charge >= 0.3 is 0 Å². The summed E-state index contributed by atoms with van der Waals surface area (Å²) in [6.45, 7) is 9.41. The van der Waals surface area contributed by atoms with Gasteiger partial charge in [0.15, 0.2) is 0 Å². The van der Waals surface area contributed by atoms with Gasteiger partial charge in [-0.05, 0) is 24.8 Å². The van der Waals surface area contributed by atoms with E-state index >= 15 is 0 Å². The topological polar surface area (TPSA) is 61.6 Å². The quantitative estimate of drug-likeness (QED) is 0.760. The smallest absolute Gasteiger partial charge is 0.224 e. The summed E-state index contributed by atoms with van der Waals surface area (Å²) >= 11 is 0. The molecule has 0 aliphatic heterocycles. The van der Waals surface area contributed by atoms with Crippen LogP contribution in [0.5, 0.6) is 0 Å². The fourth-order valence-corrected chi connectivity index (χ4v) is 1.97. The van der Waals surface area contributed by atoms with Crippen LogP contribution in [0.25, 0.3) is 0 Å². The molecule has 0 radical (unpaired) electrons. The Bertz CT molecular complexity index is 446. The van der Waals surface area contributed by atoms with Gasteiger partial charge in [-0.2, -0.15) is 5.26 Å².